The van der Waals surface area contributed by atoms with E-state index in [4.69, 9.17) is 0 Å². The summed E-state index contributed by atoms with van der Waals surface area (Å²) in [6.07, 6.45) is 8.49. The second-order valence-corrected chi connectivity index (χ2v) is 6.98. The third-order valence-corrected chi connectivity index (χ3v) is 5.08. The molecule has 0 spiro atoms. The molecule has 1 saturated heterocycles. The summed E-state index contributed by atoms with van der Waals surface area (Å²) in [5, 5.41) is 5.57. The summed E-state index contributed by atoms with van der Waals surface area (Å²) in [7, 11) is 1.34. The number of likely N-dealkylation sites (tertiary alicyclic amines) is 1. The molecule has 1 aliphatic rings. The van der Waals surface area contributed by atoms with Gasteiger partial charge in [-0.2, -0.15) is 0 Å². The van der Waals surface area contributed by atoms with Gasteiger partial charge >= 0.3 is 5.97 Å². The minimum absolute atomic E-state index is 0.397. The van der Waals surface area contributed by atoms with Gasteiger partial charge in [0.05, 0.1) is 25.2 Å². The zero-order valence-electron chi connectivity index (χ0n) is 14.2. The van der Waals surface area contributed by atoms with E-state index in [0.29, 0.717) is 11.7 Å². The Balaban J connectivity index is 1.45. The highest BCUT2D eigenvalue weighted by Gasteiger charge is 2.22. The van der Waals surface area contributed by atoms with Crippen LogP contribution in [0.2, 0.25) is 0 Å². The van der Waals surface area contributed by atoms with E-state index in [2.05, 4.69) is 42.4 Å². The van der Waals surface area contributed by atoms with E-state index < -0.39 is 5.97 Å². The second-order valence-electron chi connectivity index (χ2n) is 5.94. The third kappa shape index (κ3) is 5.37. The number of carbonyl (C=O) groups excluding carboxylic acids is 1. The average molecular weight is 358 g/mol. The largest absolute Gasteiger partial charge is 0.466 e. The molecule has 2 aromatic heterocycles. The molecule has 1 N–H and O–H groups in total. The Hall–Kier alpha value is -2.25. The van der Waals surface area contributed by atoms with Gasteiger partial charge in [0, 0.05) is 36.6 Å². The number of hydrogen-bond donors (Lipinski definition) is 1. The first kappa shape index (κ1) is 17.6. The fraction of sp³-hybridized carbons (Fsp3) is 0.389. The van der Waals surface area contributed by atoms with Crippen molar-refractivity contribution in [3.63, 3.8) is 0 Å². The molecule has 0 radical (unpaired) electrons. The zero-order chi connectivity index (χ0) is 17.5. The van der Waals surface area contributed by atoms with Gasteiger partial charge in [0.25, 0.3) is 0 Å². The molecule has 0 aromatic carbocycles. The predicted octanol–water partition coefficient (Wildman–Crippen LogP) is 2.45. The number of nitrogens with zero attached hydrogens (tertiary/aromatic N) is 3. The first-order valence-electron chi connectivity index (χ1n) is 8.32. The molecular formula is C18H22N4O2S. The molecule has 3 rings (SSSR count). The van der Waals surface area contributed by atoms with Crippen molar-refractivity contribution in [3.05, 3.63) is 46.6 Å². The first-order chi connectivity index (χ1) is 12.2. The lowest BCUT2D eigenvalue weighted by atomic mass is 10.2. The Morgan fingerprint density at radius 1 is 1.48 bits per heavy atom. The van der Waals surface area contributed by atoms with Crippen LogP contribution in [0, 0.1) is 0 Å². The van der Waals surface area contributed by atoms with E-state index in [1.165, 1.54) is 18.1 Å². The molecule has 132 valence electrons. The number of anilines is 1. The van der Waals surface area contributed by atoms with Crippen LogP contribution in [0.15, 0.2) is 36.0 Å². The summed E-state index contributed by atoms with van der Waals surface area (Å²) in [4.78, 5) is 23.6. The summed E-state index contributed by atoms with van der Waals surface area (Å²) in [6.45, 7) is 3.23. The number of carbonyl (C=O) groups is 1. The van der Waals surface area contributed by atoms with Crippen LogP contribution in [0.4, 0.5) is 5.82 Å². The third-order valence-electron chi connectivity index (χ3n) is 4.14. The van der Waals surface area contributed by atoms with E-state index in [0.717, 1.165) is 38.3 Å². The number of aromatic nitrogens is 2. The van der Waals surface area contributed by atoms with Crippen molar-refractivity contribution in [2.45, 2.75) is 18.9 Å². The van der Waals surface area contributed by atoms with E-state index in [-0.39, 0.29) is 0 Å². The Morgan fingerprint density at radius 2 is 2.40 bits per heavy atom. The number of esters is 1. The Kier molecular flexibility index (Phi) is 6.14. The minimum atomic E-state index is -0.405. The maximum absolute atomic E-state index is 11.1. The standard InChI is InChI=1S/C18H22N4O2S/c1-24-18(23)5-4-14-11-20-17(12-19-14)21-15-6-8-22(13-15)9-7-16-3-2-10-25-16/h2-5,10-12,15H,6-9,13H2,1H3,(H,20,21)/t15-/m1/s1. The van der Waals surface area contributed by atoms with Crippen LogP contribution in [0.3, 0.4) is 0 Å². The number of rotatable bonds is 7. The van der Waals surface area contributed by atoms with Crippen molar-refractivity contribution in [2.75, 3.05) is 32.1 Å². The molecule has 1 fully saturated rings. The normalized spacial score (nSPS) is 17.9. The van der Waals surface area contributed by atoms with E-state index in [1.54, 1.807) is 18.5 Å². The quantitative estimate of drug-likeness (QED) is 0.606. The van der Waals surface area contributed by atoms with Crippen LogP contribution < -0.4 is 5.32 Å². The molecule has 2 aromatic rings. The Morgan fingerprint density at radius 3 is 3.12 bits per heavy atom. The van der Waals surface area contributed by atoms with Gasteiger partial charge < -0.3 is 15.0 Å². The summed E-state index contributed by atoms with van der Waals surface area (Å²) < 4.78 is 4.55. The molecule has 6 nitrogen and oxygen atoms in total. The molecule has 25 heavy (non-hydrogen) atoms. The number of thiophene rings is 1. The van der Waals surface area contributed by atoms with Crippen molar-refractivity contribution in [2.24, 2.45) is 0 Å². The topological polar surface area (TPSA) is 67.3 Å². The van der Waals surface area contributed by atoms with Gasteiger partial charge in [0.1, 0.15) is 5.82 Å². The van der Waals surface area contributed by atoms with Crippen LogP contribution in [-0.4, -0.2) is 53.6 Å². The van der Waals surface area contributed by atoms with Crippen LogP contribution in [0.25, 0.3) is 6.08 Å². The summed E-state index contributed by atoms with van der Waals surface area (Å²) in [6, 6.07) is 4.70. The van der Waals surface area contributed by atoms with Crippen molar-refractivity contribution in [3.8, 4) is 0 Å². The van der Waals surface area contributed by atoms with Crippen molar-refractivity contribution < 1.29 is 9.53 Å². The highest BCUT2D eigenvalue weighted by molar-refractivity contribution is 7.09. The van der Waals surface area contributed by atoms with Crippen molar-refractivity contribution >= 4 is 29.2 Å². The fourth-order valence-electron chi connectivity index (χ4n) is 2.81. The molecular weight excluding hydrogens is 336 g/mol. The van der Waals surface area contributed by atoms with Gasteiger partial charge in [-0.1, -0.05) is 6.07 Å². The van der Waals surface area contributed by atoms with Crippen LogP contribution >= 0.6 is 11.3 Å². The van der Waals surface area contributed by atoms with Crippen molar-refractivity contribution in [1.29, 1.82) is 0 Å². The molecule has 1 atom stereocenters. The van der Waals surface area contributed by atoms with E-state index >= 15 is 0 Å². The highest BCUT2D eigenvalue weighted by atomic mass is 32.1. The minimum Gasteiger partial charge on any atom is -0.466 e. The number of methoxy groups -OCH3 is 1. The molecule has 7 heteroatoms. The smallest absolute Gasteiger partial charge is 0.330 e. The van der Waals surface area contributed by atoms with Gasteiger partial charge in [-0.3, -0.25) is 4.98 Å². The fourth-order valence-corrected chi connectivity index (χ4v) is 3.50. The van der Waals surface area contributed by atoms with Crippen molar-refractivity contribution in [1.82, 2.24) is 14.9 Å². The lowest BCUT2D eigenvalue weighted by Gasteiger charge is -2.16. The molecule has 3 heterocycles. The molecule has 0 amide bonds. The maximum atomic E-state index is 11.1. The van der Waals surface area contributed by atoms with Crippen LogP contribution in [-0.2, 0) is 16.0 Å². The molecule has 0 unspecified atom stereocenters. The highest BCUT2D eigenvalue weighted by Crippen LogP contribution is 2.16. The van der Waals surface area contributed by atoms with Crippen LogP contribution in [0.1, 0.15) is 17.0 Å². The van der Waals surface area contributed by atoms with E-state index in [9.17, 15) is 4.79 Å². The molecule has 0 saturated carbocycles. The van der Waals surface area contributed by atoms with Gasteiger partial charge in [-0.05, 0) is 30.4 Å². The maximum Gasteiger partial charge on any atom is 0.330 e. The van der Waals surface area contributed by atoms with Gasteiger partial charge in [-0.25, -0.2) is 9.78 Å². The summed E-state index contributed by atoms with van der Waals surface area (Å²) >= 11 is 1.82. The SMILES string of the molecule is COC(=O)C=Cc1cnc(N[C@@H]2CCN(CCc3cccs3)C2)cn1. The Bertz CT molecular complexity index is 700. The van der Waals surface area contributed by atoms with Crippen LogP contribution in [0.5, 0.6) is 0 Å². The second kappa shape index (κ2) is 8.73. The van der Waals surface area contributed by atoms with Gasteiger partial charge in [0.15, 0.2) is 0 Å². The first-order valence-corrected chi connectivity index (χ1v) is 9.20. The lowest BCUT2D eigenvalue weighted by molar-refractivity contribution is -0.134. The lowest BCUT2D eigenvalue weighted by Crippen LogP contribution is -2.28. The zero-order valence-corrected chi connectivity index (χ0v) is 15.0. The predicted molar refractivity (Wildman–Crippen MR) is 99.6 cm³/mol. The van der Waals surface area contributed by atoms with Gasteiger partial charge in [-0.15, -0.1) is 11.3 Å². The molecule has 0 bridgehead atoms. The Labute approximate surface area is 151 Å². The summed E-state index contributed by atoms with van der Waals surface area (Å²) in [5.74, 6) is 0.359. The van der Waals surface area contributed by atoms with Gasteiger partial charge in [0.2, 0.25) is 0 Å². The van der Waals surface area contributed by atoms with E-state index in [1.807, 2.05) is 11.3 Å². The number of nitrogens with one attached hydrogen (secondary N) is 1. The number of hydrogen-bond acceptors (Lipinski definition) is 7. The molecule has 1 aliphatic heterocycles. The summed E-state index contributed by atoms with van der Waals surface area (Å²) in [5.41, 5.74) is 0.625. The number of ether oxygens (including phenoxy) is 1. The monoisotopic (exact) mass is 358 g/mol. The molecule has 0 aliphatic carbocycles. The average Bonchev–Trinajstić information content (AvgIpc) is 3.31.